The monoisotopic (exact) mass is 886 g/mol. The number of Topliss-reactive ketones (excluding diaryl/α,β-unsaturated/α-hetero) is 2. The zero-order chi connectivity index (χ0) is 46.6. The minimum Gasteiger partial charge on any atom is -0.461 e. The minimum atomic E-state index is -2.39. The smallest absolute Gasteiger partial charge is 0.329 e. The summed E-state index contributed by atoms with van der Waals surface area (Å²) in [6.07, 6.45) is 13.7. The summed E-state index contributed by atoms with van der Waals surface area (Å²) in [4.78, 5) is 57.4. The zero-order valence-electron chi connectivity index (χ0n) is 39.2. The molecule has 356 valence electrons. The summed E-state index contributed by atoms with van der Waals surface area (Å²) in [6, 6.07) is -2.07. The Morgan fingerprint density at radius 1 is 0.873 bits per heavy atom. The molecule has 7 N–H and O–H groups in total. The van der Waals surface area contributed by atoms with Gasteiger partial charge in [-0.1, -0.05) is 69.7 Å². The Hall–Kier alpha value is -3.08. The van der Waals surface area contributed by atoms with Crippen LogP contribution in [0.15, 0.2) is 47.6 Å². The van der Waals surface area contributed by atoms with Gasteiger partial charge in [0.05, 0.1) is 18.3 Å². The maximum absolute atomic E-state index is 14.3. The number of aliphatic hydroxyl groups excluding tert-OH is 2. The Balaban J connectivity index is 1.66. The normalized spacial score (nSPS) is 41.3. The molecule has 2 saturated heterocycles. The number of ketones is 2. The predicted octanol–water partition coefficient (Wildman–Crippen LogP) is 5.01. The van der Waals surface area contributed by atoms with Gasteiger partial charge in [-0.15, -0.1) is 0 Å². The molecule has 4 aliphatic rings. The highest BCUT2D eigenvalue weighted by atomic mass is 16.6. The fourth-order valence-corrected chi connectivity index (χ4v) is 9.90. The van der Waals surface area contributed by atoms with E-state index in [1.165, 1.54) is 12.0 Å². The number of ether oxygens (including phenoxy) is 4. The van der Waals surface area contributed by atoms with Crippen molar-refractivity contribution in [2.75, 3.05) is 20.8 Å². The van der Waals surface area contributed by atoms with Crippen LogP contribution in [0, 0.1) is 29.6 Å². The summed E-state index contributed by atoms with van der Waals surface area (Å²) in [7, 11) is 3.00. The van der Waals surface area contributed by atoms with Crippen molar-refractivity contribution in [3.8, 4) is 0 Å². The van der Waals surface area contributed by atoms with Gasteiger partial charge in [-0.3, -0.25) is 14.4 Å². The van der Waals surface area contributed by atoms with Crippen LogP contribution in [0.4, 0.5) is 0 Å². The molecule has 9 unspecified atom stereocenters. The molecule has 0 spiro atoms. The molecule has 3 fully saturated rings. The van der Waals surface area contributed by atoms with E-state index in [9.17, 15) is 34.5 Å². The SMILES string of the molecule is COC1CC(C[C@@H](C)[C@@H]2CC[C@H](N)/C=C(\C)C(O)[C@@H](OC)C(=O)C(C)C[C@H](C)/C=C/C=C/C=C(\C)C(N)CC3CCC(C)C(O)(O3)C(=O)C(=O)N3CCCCC3C(=O)O2)CC[C@H]1O. The first-order valence-corrected chi connectivity index (χ1v) is 23.4. The van der Waals surface area contributed by atoms with Crippen LogP contribution in [0.1, 0.15) is 125 Å². The van der Waals surface area contributed by atoms with Gasteiger partial charge in [-0.05, 0) is 121 Å². The number of nitrogens with zero attached hydrogens (tertiary/aromatic N) is 1. The molecule has 0 aromatic heterocycles. The van der Waals surface area contributed by atoms with Crippen molar-refractivity contribution in [2.24, 2.45) is 41.1 Å². The predicted molar refractivity (Wildman–Crippen MR) is 241 cm³/mol. The van der Waals surface area contributed by atoms with Crippen LogP contribution in [-0.2, 0) is 38.1 Å². The number of fused-ring (bicyclic) bond motifs is 3. The molecule has 0 aromatic rings. The first kappa shape index (κ1) is 52.5. The number of carbonyl (C=O) groups is 4. The summed E-state index contributed by atoms with van der Waals surface area (Å²) in [6.45, 7) is 11.3. The van der Waals surface area contributed by atoms with Crippen molar-refractivity contribution in [3.05, 3.63) is 47.6 Å². The Kier molecular flexibility index (Phi) is 20.4. The minimum absolute atomic E-state index is 0.0483. The maximum atomic E-state index is 14.3. The van der Waals surface area contributed by atoms with Gasteiger partial charge in [0, 0.05) is 44.7 Å². The average molecular weight is 886 g/mol. The van der Waals surface area contributed by atoms with E-state index < -0.39 is 83.9 Å². The van der Waals surface area contributed by atoms with Crippen LogP contribution in [0.5, 0.6) is 0 Å². The number of nitrogens with two attached hydrogens (primary N) is 2. The number of carbonyl (C=O) groups excluding carboxylic acids is 4. The van der Waals surface area contributed by atoms with E-state index in [-0.39, 0.29) is 42.6 Å². The highest BCUT2D eigenvalue weighted by Gasteiger charge is 2.53. The molecule has 0 aromatic carbocycles. The van der Waals surface area contributed by atoms with Gasteiger partial charge < -0.3 is 50.6 Å². The molecule has 1 saturated carbocycles. The summed E-state index contributed by atoms with van der Waals surface area (Å²) in [5.41, 5.74) is 14.6. The maximum Gasteiger partial charge on any atom is 0.329 e. The lowest BCUT2D eigenvalue weighted by Crippen LogP contribution is -2.61. The molecule has 3 heterocycles. The molecular formula is C49H79N3O11. The lowest BCUT2D eigenvalue weighted by Gasteiger charge is -2.42. The van der Waals surface area contributed by atoms with Crippen LogP contribution < -0.4 is 11.5 Å². The van der Waals surface area contributed by atoms with E-state index in [0.717, 1.165) is 12.0 Å². The largest absolute Gasteiger partial charge is 0.461 e. The lowest BCUT2D eigenvalue weighted by atomic mass is 9.78. The van der Waals surface area contributed by atoms with Gasteiger partial charge in [-0.2, -0.15) is 0 Å². The van der Waals surface area contributed by atoms with E-state index in [4.69, 9.17) is 30.4 Å². The molecule has 0 radical (unpaired) electrons. The molecule has 3 aliphatic heterocycles. The molecule has 1 amide bonds. The Bertz CT molecular complexity index is 1660. The lowest BCUT2D eigenvalue weighted by molar-refractivity contribution is -0.263. The summed E-state index contributed by atoms with van der Waals surface area (Å²) >= 11 is 0. The van der Waals surface area contributed by atoms with Crippen LogP contribution in [0.25, 0.3) is 0 Å². The number of esters is 1. The van der Waals surface area contributed by atoms with Gasteiger partial charge >= 0.3 is 5.97 Å². The summed E-state index contributed by atoms with van der Waals surface area (Å²) in [5.74, 6) is -6.30. The number of amides is 1. The fourth-order valence-electron chi connectivity index (χ4n) is 9.90. The highest BCUT2D eigenvalue weighted by Crippen LogP contribution is 2.37. The second-order valence-corrected chi connectivity index (χ2v) is 19.3. The van der Waals surface area contributed by atoms with Crippen LogP contribution >= 0.6 is 0 Å². The van der Waals surface area contributed by atoms with E-state index in [0.29, 0.717) is 76.2 Å². The van der Waals surface area contributed by atoms with Gasteiger partial charge in [0.15, 0.2) is 5.78 Å². The standard InChI is InChI=1S/C49H79N3O11/c1-29-14-10-9-11-15-30(2)38(51)28-37-20-17-34(6)49(59,63-37)46(56)47(57)52-23-13-12-16-39(52)48(58)62-41(31(3)25-35-18-21-40(53)42(27-35)60-7)22-19-36(50)26-33(5)44(55)45(61-8)43(54)32(4)24-29/h9-11,14-15,26,29,31-32,34-42,44-45,53,55,59H,12-13,16-25,27-28,50-51H2,1-8H3/b11-9+,14-10+,30-15+,33-26+/t29-,31-,32?,34?,35?,36+,37?,38?,39?,40-,41+,42?,44?,45+,49?/m1/s1. The third-order valence-electron chi connectivity index (χ3n) is 14.1. The van der Waals surface area contributed by atoms with Crippen molar-refractivity contribution < 1.29 is 53.4 Å². The Morgan fingerprint density at radius 3 is 2.30 bits per heavy atom. The second kappa shape index (κ2) is 24.4. The number of piperidine rings is 1. The van der Waals surface area contributed by atoms with E-state index in [2.05, 4.69) is 0 Å². The number of hydrogen-bond acceptors (Lipinski definition) is 13. The zero-order valence-corrected chi connectivity index (χ0v) is 39.2. The number of hydrogen-bond donors (Lipinski definition) is 5. The quantitative estimate of drug-likeness (QED) is 0.140. The molecular weight excluding hydrogens is 807 g/mol. The van der Waals surface area contributed by atoms with Crippen molar-refractivity contribution in [1.82, 2.24) is 4.90 Å². The molecule has 1 aliphatic carbocycles. The number of methoxy groups -OCH3 is 2. The third kappa shape index (κ3) is 14.2. The first-order valence-electron chi connectivity index (χ1n) is 23.4. The van der Waals surface area contributed by atoms with E-state index >= 15 is 0 Å². The third-order valence-corrected chi connectivity index (χ3v) is 14.1. The Labute approximate surface area is 375 Å². The van der Waals surface area contributed by atoms with Gasteiger partial charge in [0.25, 0.3) is 11.7 Å². The highest BCUT2D eigenvalue weighted by molar-refractivity contribution is 6.39. The van der Waals surface area contributed by atoms with Crippen LogP contribution in [0.3, 0.4) is 0 Å². The average Bonchev–Trinajstić information content (AvgIpc) is 3.25. The molecule has 15 atom stereocenters. The van der Waals surface area contributed by atoms with E-state index in [1.807, 2.05) is 58.1 Å². The van der Waals surface area contributed by atoms with Crippen molar-refractivity contribution in [2.45, 2.75) is 186 Å². The summed E-state index contributed by atoms with van der Waals surface area (Å²) < 4.78 is 23.6. The fraction of sp³-hybridized carbons (Fsp3) is 0.755. The van der Waals surface area contributed by atoms with Crippen molar-refractivity contribution in [3.63, 3.8) is 0 Å². The van der Waals surface area contributed by atoms with Crippen molar-refractivity contribution >= 4 is 23.4 Å². The van der Waals surface area contributed by atoms with Gasteiger partial charge in [0.1, 0.15) is 24.4 Å². The number of rotatable bonds is 5. The number of aliphatic hydroxyl groups is 3. The first-order chi connectivity index (χ1) is 29.8. The Morgan fingerprint density at radius 2 is 1.60 bits per heavy atom. The van der Waals surface area contributed by atoms with Crippen molar-refractivity contribution in [1.29, 1.82) is 0 Å². The number of allylic oxidation sites excluding steroid dienone is 5. The van der Waals surface area contributed by atoms with Gasteiger partial charge in [0.2, 0.25) is 5.79 Å². The van der Waals surface area contributed by atoms with Crippen LogP contribution in [0.2, 0.25) is 0 Å². The molecule has 14 heteroatoms. The second-order valence-electron chi connectivity index (χ2n) is 19.3. The molecule has 14 nitrogen and oxygen atoms in total. The van der Waals surface area contributed by atoms with Crippen LogP contribution in [-0.4, -0.2) is 125 Å². The van der Waals surface area contributed by atoms with E-state index in [1.54, 1.807) is 27.0 Å². The molecule has 63 heavy (non-hydrogen) atoms. The molecule has 4 rings (SSSR count). The topological polar surface area (TPSA) is 221 Å². The molecule has 2 bridgehead atoms. The number of cyclic esters (lactones) is 1. The van der Waals surface area contributed by atoms with Gasteiger partial charge in [-0.25, -0.2) is 4.79 Å². The summed E-state index contributed by atoms with van der Waals surface area (Å²) in [5, 5.41) is 33.7.